The number of nitrogens with zero attached hydrogens (tertiary/aromatic N) is 2. The van der Waals surface area contributed by atoms with Crippen LogP contribution in [0.2, 0.25) is 0 Å². The summed E-state index contributed by atoms with van der Waals surface area (Å²) in [6.45, 7) is 11.3. The molecule has 2 aromatic carbocycles. The first-order chi connectivity index (χ1) is 35.3. The fourth-order valence-electron chi connectivity index (χ4n) is 7.83. The fraction of sp³-hybridized carbons (Fsp3) is 0.462. The normalized spacial score (nSPS) is 24.5. The van der Waals surface area contributed by atoms with Crippen LogP contribution in [0.25, 0.3) is 0 Å². The summed E-state index contributed by atoms with van der Waals surface area (Å²) >= 11 is 0. The van der Waals surface area contributed by atoms with Gasteiger partial charge in [-0.3, -0.25) is 38.6 Å². The van der Waals surface area contributed by atoms with E-state index in [4.69, 9.17) is 16.2 Å². The number of hydrogen-bond acceptors (Lipinski definition) is 12. The summed E-state index contributed by atoms with van der Waals surface area (Å²) < 4.78 is 5.82. The van der Waals surface area contributed by atoms with Crippen molar-refractivity contribution in [3.05, 3.63) is 102 Å². The fourth-order valence-corrected chi connectivity index (χ4v) is 7.83. The summed E-state index contributed by atoms with van der Waals surface area (Å²) in [5.41, 5.74) is 12.7. The number of aliphatic carboxylic acids is 2. The number of phenolic OH excluding ortho intramolecular Hbond substituents is 1. The van der Waals surface area contributed by atoms with Gasteiger partial charge in [0.15, 0.2) is 5.96 Å². The van der Waals surface area contributed by atoms with Gasteiger partial charge < -0.3 is 68.3 Å². The summed E-state index contributed by atoms with van der Waals surface area (Å²) in [5, 5.41) is 45.4. The number of allylic oxidation sites excluding steroid dienone is 2. The summed E-state index contributed by atoms with van der Waals surface area (Å²) in [5.74, 6) is -13.0. The highest BCUT2D eigenvalue weighted by molar-refractivity contribution is 6.00. The number of rotatable bonds is 15. The van der Waals surface area contributed by atoms with E-state index in [2.05, 4.69) is 43.5 Å². The molecule has 75 heavy (non-hydrogen) atoms. The number of aliphatic imine (C=N–C) groups is 1. The smallest absolute Gasteiger partial charge is 0.327 e. The van der Waals surface area contributed by atoms with Crippen LogP contribution in [0, 0.1) is 17.8 Å². The summed E-state index contributed by atoms with van der Waals surface area (Å²) in [7, 11) is 2.80. The number of ether oxygens (including phenoxy) is 1. The highest BCUT2D eigenvalue weighted by atomic mass is 16.5. The van der Waals surface area contributed by atoms with E-state index in [0.29, 0.717) is 17.6 Å². The van der Waals surface area contributed by atoms with Crippen molar-refractivity contribution in [2.24, 2.45) is 34.2 Å². The summed E-state index contributed by atoms with van der Waals surface area (Å²) in [4.78, 5) is 127. The zero-order valence-corrected chi connectivity index (χ0v) is 43.3. The molecule has 408 valence electrons. The third-order valence-electron chi connectivity index (χ3n) is 12.6. The highest BCUT2D eigenvalue weighted by Gasteiger charge is 2.37. The van der Waals surface area contributed by atoms with Crippen LogP contribution >= 0.6 is 0 Å². The molecule has 23 heteroatoms. The Morgan fingerprint density at radius 2 is 1.43 bits per heavy atom. The second kappa shape index (κ2) is 29.6. The zero-order valence-electron chi connectivity index (χ0n) is 43.3. The van der Waals surface area contributed by atoms with Gasteiger partial charge in [-0.1, -0.05) is 93.6 Å². The quantitative estimate of drug-likeness (QED) is 0.0381. The van der Waals surface area contributed by atoms with Gasteiger partial charge in [0.1, 0.15) is 41.7 Å². The number of nitrogens with two attached hydrogens (primary N) is 2. The molecule has 1 aliphatic rings. The van der Waals surface area contributed by atoms with Crippen LogP contribution in [0.4, 0.5) is 0 Å². The van der Waals surface area contributed by atoms with Gasteiger partial charge in [-0.25, -0.2) is 9.59 Å². The van der Waals surface area contributed by atoms with Gasteiger partial charge in [0.05, 0.1) is 24.0 Å². The van der Waals surface area contributed by atoms with Crippen molar-refractivity contribution in [1.29, 1.82) is 0 Å². The van der Waals surface area contributed by atoms with E-state index < -0.39 is 120 Å². The molecule has 0 spiro atoms. The molecule has 0 aliphatic carbocycles. The number of guanidine groups is 1. The number of benzene rings is 2. The number of nitrogens with one attached hydrogen (secondary N) is 6. The third-order valence-corrected chi connectivity index (χ3v) is 12.6. The van der Waals surface area contributed by atoms with Crippen molar-refractivity contribution in [3.63, 3.8) is 0 Å². The molecular weight excluding hydrogens is 973 g/mol. The van der Waals surface area contributed by atoms with Crippen molar-refractivity contribution in [3.8, 4) is 5.75 Å². The van der Waals surface area contributed by atoms with Crippen molar-refractivity contribution < 1.29 is 63.2 Å². The topological polar surface area (TPSA) is 363 Å². The largest absolute Gasteiger partial charge is 0.508 e. The molecule has 13 N–H and O–H groups in total. The molecule has 1 heterocycles. The van der Waals surface area contributed by atoms with E-state index >= 15 is 0 Å². The number of carbonyl (C=O) groups excluding carboxylic acids is 7. The number of amides is 7. The van der Waals surface area contributed by atoms with E-state index in [-0.39, 0.29) is 49.5 Å². The first kappa shape index (κ1) is 61.2. The van der Waals surface area contributed by atoms with E-state index in [1.165, 1.54) is 58.2 Å². The minimum absolute atomic E-state index is 0.00181. The Hall–Kier alpha value is -8.08. The predicted molar refractivity (Wildman–Crippen MR) is 277 cm³/mol. The molecule has 0 bridgehead atoms. The van der Waals surface area contributed by atoms with E-state index in [0.717, 1.165) is 10.5 Å². The molecule has 1 aliphatic heterocycles. The van der Waals surface area contributed by atoms with Crippen molar-refractivity contribution >= 4 is 59.2 Å². The number of carboxylic acids is 2. The van der Waals surface area contributed by atoms with E-state index in [1.807, 2.05) is 43.3 Å². The lowest BCUT2D eigenvalue weighted by Gasteiger charge is -2.28. The Labute approximate surface area is 436 Å². The minimum Gasteiger partial charge on any atom is -0.508 e. The van der Waals surface area contributed by atoms with E-state index in [9.17, 15) is 58.5 Å². The Kier molecular flexibility index (Phi) is 24.1. The molecule has 3 rings (SSSR count). The third kappa shape index (κ3) is 19.7. The van der Waals surface area contributed by atoms with Gasteiger partial charge in [-0.05, 0) is 62.8 Å². The minimum atomic E-state index is -1.96. The molecule has 7 amide bonds. The Balaban J connectivity index is 2.14. The molecule has 0 aromatic heterocycles. The average Bonchev–Trinajstić information content (AvgIpc) is 3.36. The van der Waals surface area contributed by atoms with Crippen LogP contribution in [0.3, 0.4) is 0 Å². The maximum atomic E-state index is 14.4. The number of phenols is 1. The second-order valence-corrected chi connectivity index (χ2v) is 18.5. The monoisotopic (exact) mass is 1040 g/mol. The maximum absolute atomic E-state index is 14.4. The number of aromatic hydroxyl groups is 1. The number of carboxylic acid groups (broad SMARTS) is 2. The van der Waals surface area contributed by atoms with Crippen LogP contribution in [0.5, 0.6) is 5.75 Å². The average molecular weight is 1050 g/mol. The van der Waals surface area contributed by atoms with Gasteiger partial charge >= 0.3 is 11.9 Å². The van der Waals surface area contributed by atoms with Crippen LogP contribution in [-0.4, -0.2) is 143 Å². The number of likely N-dealkylation sites (N-methyl/N-ethyl adjacent to an activating group) is 1. The molecule has 1 fully saturated rings. The predicted octanol–water partition coefficient (Wildman–Crippen LogP) is 0.521. The molecule has 10 atom stereocenters. The van der Waals surface area contributed by atoms with Crippen LogP contribution in [-0.2, 0) is 60.7 Å². The molecular formula is C52H72N10O13. The zero-order chi connectivity index (χ0) is 56.1. The maximum Gasteiger partial charge on any atom is 0.327 e. The Bertz CT molecular complexity index is 2460. The molecule has 23 nitrogen and oxygen atoms in total. The van der Waals surface area contributed by atoms with Crippen molar-refractivity contribution in [2.45, 2.75) is 115 Å². The molecule has 1 saturated heterocycles. The lowest BCUT2D eigenvalue weighted by molar-refractivity contribution is -0.146. The molecule has 0 saturated carbocycles. The van der Waals surface area contributed by atoms with E-state index in [1.54, 1.807) is 20.1 Å². The standard InChI is InChI=1S/C52H72N10O13/c1-28(25-29(2)41(75-8)27-34-13-10-9-11-14-34)16-21-37-30(3)44(65)59-39(50(71)72)22-23-42(64)62(7)33(6)47(68)56-32(5)46(67)60-40(26-35-17-19-36(63)20-18-35)49(70)61-43(51(73)74)31(4)45(66)58-38(48(69)57-37)15-12-24-55-52(53)54/h9-11,13-14,16-21,25,29-32,37-41,43,63H,6,12,15,22-24,26-27H2,1-5,7-8H3,(H,56,68)(H,57,69)(H,58,66)(H,59,65)(H,60,67)(H,61,70)(H,71,72)(H,73,74)(H4,53,54,55)/b21-16+,28-25-/t29-,30-,31+,32+,37-,38-,39+,40-,41-,43+/m0/s1. The molecule has 0 unspecified atom stereocenters. The lowest BCUT2D eigenvalue weighted by atomic mass is 9.94. The lowest BCUT2D eigenvalue weighted by Crippen LogP contribution is -2.59. The first-order valence-corrected chi connectivity index (χ1v) is 24.3. The summed E-state index contributed by atoms with van der Waals surface area (Å²) in [6.07, 6.45) is 4.20. The van der Waals surface area contributed by atoms with Gasteiger partial charge in [0.25, 0.3) is 5.91 Å². The van der Waals surface area contributed by atoms with Crippen molar-refractivity contribution in [1.82, 2.24) is 36.8 Å². The Morgan fingerprint density at radius 3 is 2.03 bits per heavy atom. The van der Waals surface area contributed by atoms with Gasteiger partial charge in [0.2, 0.25) is 35.4 Å². The number of methoxy groups -OCH3 is 1. The number of carbonyl (C=O) groups is 9. The van der Waals surface area contributed by atoms with Gasteiger partial charge in [0, 0.05) is 39.5 Å². The Morgan fingerprint density at radius 1 is 0.813 bits per heavy atom. The SMILES string of the molecule is C=C1C(=O)N[C@H](C)C(=O)N[C@@H](Cc2ccc(O)cc2)C(=O)N[C@@H](C(=O)O)[C@@H](C)C(=O)N[C@@H](CCCN=C(N)N)C(=O)N[C@@H](/C=C/C(C)=C\[C@H](C)[C@H](Cc2ccccc2)OC)[C@H](C)C(=O)N[C@@H](C(=O)O)CCC(=O)N1C. The summed E-state index contributed by atoms with van der Waals surface area (Å²) in [6, 6.07) is 6.06. The highest BCUT2D eigenvalue weighted by Crippen LogP contribution is 2.19. The molecule has 0 radical (unpaired) electrons. The van der Waals surface area contributed by atoms with Crippen molar-refractivity contribution in [2.75, 3.05) is 20.7 Å². The second-order valence-electron chi connectivity index (χ2n) is 18.5. The van der Waals surface area contributed by atoms with Gasteiger partial charge in [-0.2, -0.15) is 0 Å². The first-order valence-electron chi connectivity index (χ1n) is 24.3. The number of hydrogen-bond donors (Lipinski definition) is 11. The van der Waals surface area contributed by atoms with Gasteiger partial charge in [-0.15, -0.1) is 0 Å². The van der Waals surface area contributed by atoms with Crippen LogP contribution < -0.4 is 43.4 Å². The van der Waals surface area contributed by atoms with Crippen LogP contribution in [0.1, 0.15) is 71.4 Å². The molecule has 2 aromatic rings. The van der Waals surface area contributed by atoms with Crippen LogP contribution in [0.15, 0.2) is 95.7 Å².